The van der Waals surface area contributed by atoms with Gasteiger partial charge in [0.2, 0.25) is 11.8 Å². The van der Waals surface area contributed by atoms with Crippen LogP contribution in [0.2, 0.25) is 0 Å². The van der Waals surface area contributed by atoms with E-state index in [1.807, 2.05) is 12.3 Å². The summed E-state index contributed by atoms with van der Waals surface area (Å²) in [5.74, 6) is 1.41. The van der Waals surface area contributed by atoms with Crippen molar-refractivity contribution in [2.75, 3.05) is 62.6 Å². The quantitative estimate of drug-likeness (QED) is 0.614. The zero-order valence-electron chi connectivity index (χ0n) is 19.4. The summed E-state index contributed by atoms with van der Waals surface area (Å²) >= 11 is 0. The fourth-order valence-corrected chi connectivity index (χ4v) is 5.76. The molecule has 1 spiro atoms. The predicted molar refractivity (Wildman–Crippen MR) is 132 cm³/mol. The second-order valence-electron chi connectivity index (χ2n) is 10.1. The number of piperidine rings is 3. The van der Waals surface area contributed by atoms with Gasteiger partial charge in [0.15, 0.2) is 0 Å². The maximum Gasteiger partial charge on any atom is 0.228 e. The van der Waals surface area contributed by atoms with E-state index < -0.39 is 0 Å². The lowest BCUT2D eigenvalue weighted by Gasteiger charge is -2.55. The van der Waals surface area contributed by atoms with Gasteiger partial charge in [-0.05, 0) is 76.8 Å². The van der Waals surface area contributed by atoms with E-state index in [4.69, 9.17) is 0 Å². The third-order valence-electron chi connectivity index (χ3n) is 7.95. The number of pyridine rings is 1. The first-order valence-electron chi connectivity index (χ1n) is 12.3. The lowest BCUT2D eigenvalue weighted by atomic mass is 9.71. The van der Waals surface area contributed by atoms with Gasteiger partial charge in [-0.15, -0.1) is 12.4 Å². The fraction of sp³-hybridized carbons (Fsp3) is 0.708. The Bertz CT molecular complexity index is 807. The van der Waals surface area contributed by atoms with E-state index in [9.17, 15) is 9.59 Å². The fourth-order valence-electron chi connectivity index (χ4n) is 5.76. The van der Waals surface area contributed by atoms with Crippen LogP contribution in [0.4, 0.5) is 11.5 Å². The minimum atomic E-state index is 0. The van der Waals surface area contributed by atoms with Crippen LogP contribution in [0, 0.1) is 17.3 Å². The SMILES string of the molecule is Cl.O=C(Nc1ccc(N2CCC3(CC2)CN(C(=O)C2CCNCC2)C3)cn1)C1CCNCC1. The van der Waals surface area contributed by atoms with Crippen molar-refractivity contribution in [3.8, 4) is 0 Å². The second kappa shape index (κ2) is 10.6. The molecule has 9 heteroatoms. The number of carbonyl (C=O) groups is 2. The molecule has 0 unspecified atom stereocenters. The predicted octanol–water partition coefficient (Wildman–Crippen LogP) is 1.87. The van der Waals surface area contributed by atoms with Crippen molar-refractivity contribution in [2.45, 2.75) is 38.5 Å². The van der Waals surface area contributed by atoms with Gasteiger partial charge in [0.1, 0.15) is 5.82 Å². The number of nitrogens with one attached hydrogen (secondary N) is 3. The second-order valence-corrected chi connectivity index (χ2v) is 10.1. The summed E-state index contributed by atoms with van der Waals surface area (Å²) in [7, 11) is 0. The van der Waals surface area contributed by atoms with Gasteiger partial charge in [-0.2, -0.15) is 0 Å². The first kappa shape index (κ1) is 24.2. The molecule has 4 saturated heterocycles. The Morgan fingerprint density at radius 1 is 0.939 bits per heavy atom. The normalized spacial score (nSPS) is 23.5. The molecule has 1 aromatic rings. The van der Waals surface area contributed by atoms with Crippen molar-refractivity contribution in [3.05, 3.63) is 18.3 Å². The summed E-state index contributed by atoms with van der Waals surface area (Å²) in [6.07, 6.45) is 7.87. The first-order chi connectivity index (χ1) is 15.6. The van der Waals surface area contributed by atoms with Gasteiger partial charge in [-0.25, -0.2) is 4.98 Å². The minimum Gasteiger partial charge on any atom is -0.370 e. The molecule has 0 aromatic carbocycles. The number of hydrogen-bond acceptors (Lipinski definition) is 6. The molecule has 0 bridgehead atoms. The van der Waals surface area contributed by atoms with Gasteiger partial charge in [-0.1, -0.05) is 0 Å². The highest BCUT2D eigenvalue weighted by atomic mass is 35.5. The number of aromatic nitrogens is 1. The van der Waals surface area contributed by atoms with Crippen LogP contribution in [0.25, 0.3) is 0 Å². The average Bonchev–Trinajstić information content (AvgIpc) is 2.84. The van der Waals surface area contributed by atoms with Gasteiger partial charge in [-0.3, -0.25) is 9.59 Å². The van der Waals surface area contributed by atoms with Crippen LogP contribution in [-0.2, 0) is 9.59 Å². The molecule has 4 aliphatic heterocycles. The maximum absolute atomic E-state index is 12.7. The summed E-state index contributed by atoms with van der Waals surface area (Å²) in [5, 5.41) is 9.61. The molecule has 182 valence electrons. The lowest BCUT2D eigenvalue weighted by molar-refractivity contribution is -0.150. The number of halogens is 1. The number of amides is 2. The smallest absolute Gasteiger partial charge is 0.228 e. The molecule has 4 fully saturated rings. The number of rotatable bonds is 4. The van der Waals surface area contributed by atoms with Crippen LogP contribution in [0.5, 0.6) is 0 Å². The topological polar surface area (TPSA) is 89.6 Å². The van der Waals surface area contributed by atoms with Gasteiger partial charge >= 0.3 is 0 Å². The molecule has 0 radical (unpaired) electrons. The van der Waals surface area contributed by atoms with E-state index in [2.05, 4.69) is 36.8 Å². The standard InChI is InChI=1S/C24H36N6O2.ClH/c31-22(18-3-9-25-10-4-18)28-21-2-1-20(15-27-21)29-13-7-24(8-14-29)16-30(17-24)23(32)19-5-11-26-12-6-19;/h1-2,15,18-19,25-26H,3-14,16-17H2,(H,27,28,31);1H. The Hall–Kier alpha value is -1.90. The summed E-state index contributed by atoms with van der Waals surface area (Å²) in [6.45, 7) is 7.62. The number of hydrogen-bond donors (Lipinski definition) is 3. The van der Waals surface area contributed by atoms with Crippen molar-refractivity contribution in [3.63, 3.8) is 0 Å². The van der Waals surface area contributed by atoms with Crippen molar-refractivity contribution >= 4 is 35.7 Å². The van der Waals surface area contributed by atoms with Gasteiger partial charge in [0, 0.05) is 43.4 Å². The molecule has 33 heavy (non-hydrogen) atoms. The number of anilines is 2. The van der Waals surface area contributed by atoms with E-state index in [-0.39, 0.29) is 30.2 Å². The molecular weight excluding hydrogens is 440 g/mol. The van der Waals surface area contributed by atoms with E-state index >= 15 is 0 Å². The van der Waals surface area contributed by atoms with Crippen molar-refractivity contribution in [2.24, 2.45) is 17.3 Å². The maximum atomic E-state index is 12.7. The Morgan fingerprint density at radius 2 is 1.55 bits per heavy atom. The van der Waals surface area contributed by atoms with Gasteiger partial charge in [0.25, 0.3) is 0 Å². The molecule has 1 aromatic heterocycles. The highest BCUT2D eigenvalue weighted by Gasteiger charge is 2.47. The Kier molecular flexibility index (Phi) is 7.76. The molecule has 0 saturated carbocycles. The van der Waals surface area contributed by atoms with Crippen LogP contribution in [0.3, 0.4) is 0 Å². The zero-order valence-corrected chi connectivity index (χ0v) is 20.2. The van der Waals surface area contributed by atoms with Crippen molar-refractivity contribution in [1.82, 2.24) is 20.5 Å². The number of likely N-dealkylation sites (tertiary alicyclic amines) is 1. The minimum absolute atomic E-state index is 0. The van der Waals surface area contributed by atoms with Crippen LogP contribution in [0.1, 0.15) is 38.5 Å². The molecule has 4 aliphatic rings. The van der Waals surface area contributed by atoms with Gasteiger partial charge in [0.05, 0.1) is 11.9 Å². The summed E-state index contributed by atoms with van der Waals surface area (Å²) in [5.41, 5.74) is 1.43. The lowest BCUT2D eigenvalue weighted by Crippen LogP contribution is -2.63. The van der Waals surface area contributed by atoms with Crippen molar-refractivity contribution < 1.29 is 9.59 Å². The number of carbonyl (C=O) groups excluding carboxylic acids is 2. The van der Waals surface area contributed by atoms with E-state index in [1.165, 1.54) is 0 Å². The van der Waals surface area contributed by atoms with Crippen LogP contribution < -0.4 is 20.9 Å². The van der Waals surface area contributed by atoms with E-state index in [0.29, 0.717) is 17.1 Å². The van der Waals surface area contributed by atoms with Crippen molar-refractivity contribution in [1.29, 1.82) is 0 Å². The van der Waals surface area contributed by atoms with Gasteiger partial charge < -0.3 is 25.8 Å². The van der Waals surface area contributed by atoms with E-state index in [0.717, 1.165) is 96.6 Å². The first-order valence-corrected chi connectivity index (χ1v) is 12.3. The van der Waals surface area contributed by atoms with Crippen LogP contribution in [0.15, 0.2) is 18.3 Å². The third kappa shape index (κ3) is 5.44. The summed E-state index contributed by atoms with van der Waals surface area (Å²) in [4.78, 5) is 34.2. The molecule has 5 rings (SSSR count). The summed E-state index contributed by atoms with van der Waals surface area (Å²) in [6, 6.07) is 3.98. The average molecular weight is 477 g/mol. The molecule has 0 aliphatic carbocycles. The molecule has 8 nitrogen and oxygen atoms in total. The molecule has 0 atom stereocenters. The Balaban J connectivity index is 0.00000259. The molecule has 5 heterocycles. The van der Waals surface area contributed by atoms with Crippen LogP contribution >= 0.6 is 12.4 Å². The highest BCUT2D eigenvalue weighted by Crippen LogP contribution is 2.42. The molecule has 3 N–H and O–H groups in total. The Labute approximate surface area is 202 Å². The molecule has 2 amide bonds. The third-order valence-corrected chi connectivity index (χ3v) is 7.95. The molecular formula is C24H37ClN6O2. The monoisotopic (exact) mass is 476 g/mol. The van der Waals surface area contributed by atoms with E-state index in [1.54, 1.807) is 0 Å². The largest absolute Gasteiger partial charge is 0.370 e. The Morgan fingerprint density at radius 3 is 2.12 bits per heavy atom. The highest BCUT2D eigenvalue weighted by molar-refractivity contribution is 5.91. The number of nitrogens with zero attached hydrogens (tertiary/aromatic N) is 3. The van der Waals surface area contributed by atoms with Crippen LogP contribution in [-0.4, -0.2) is 74.1 Å². The summed E-state index contributed by atoms with van der Waals surface area (Å²) < 4.78 is 0. The zero-order chi connectivity index (χ0) is 22.0.